The van der Waals surface area contributed by atoms with E-state index in [2.05, 4.69) is 11.9 Å². The molecule has 0 spiro atoms. The maximum atomic E-state index is 11.3. The van der Waals surface area contributed by atoms with E-state index >= 15 is 0 Å². The number of esters is 1. The van der Waals surface area contributed by atoms with Crippen LogP contribution < -0.4 is 4.74 Å². The minimum absolute atomic E-state index is 0.129. The van der Waals surface area contributed by atoms with Crippen molar-refractivity contribution in [1.82, 2.24) is 4.98 Å². The second-order valence-electron chi connectivity index (χ2n) is 3.63. The summed E-state index contributed by atoms with van der Waals surface area (Å²) in [5.41, 5.74) is 0.149. The molecule has 5 nitrogen and oxygen atoms in total. The molecule has 1 rings (SSSR count). The predicted molar refractivity (Wildman–Crippen MR) is 62.1 cm³/mol. The van der Waals surface area contributed by atoms with Gasteiger partial charge in [0.05, 0.1) is 13.2 Å². The van der Waals surface area contributed by atoms with Gasteiger partial charge in [-0.25, -0.2) is 4.79 Å². The van der Waals surface area contributed by atoms with Crippen molar-refractivity contribution in [1.29, 1.82) is 0 Å². The van der Waals surface area contributed by atoms with Crippen molar-refractivity contribution < 1.29 is 18.7 Å². The van der Waals surface area contributed by atoms with Gasteiger partial charge in [-0.05, 0) is 13.3 Å². The van der Waals surface area contributed by atoms with Crippen molar-refractivity contribution in [2.24, 2.45) is 0 Å². The fraction of sp³-hybridized carbons (Fsp3) is 0.667. The molecule has 0 amide bonds. The van der Waals surface area contributed by atoms with Crippen molar-refractivity contribution in [3.05, 3.63) is 12.0 Å². The van der Waals surface area contributed by atoms with Gasteiger partial charge in [-0.15, -0.1) is 0 Å². The van der Waals surface area contributed by atoms with Crippen LogP contribution >= 0.6 is 0 Å². The molecule has 0 aromatic carbocycles. The summed E-state index contributed by atoms with van der Waals surface area (Å²) in [6.45, 7) is 4.77. The number of aromatic nitrogens is 1. The van der Waals surface area contributed by atoms with Gasteiger partial charge in [0, 0.05) is 0 Å². The molecule has 0 radical (unpaired) electrons. The Morgan fingerprint density at radius 1 is 1.35 bits per heavy atom. The molecule has 0 atom stereocenters. The van der Waals surface area contributed by atoms with Gasteiger partial charge in [0.25, 0.3) is 0 Å². The molecule has 0 fully saturated rings. The number of hydrogen-bond acceptors (Lipinski definition) is 5. The molecule has 0 N–H and O–H groups in total. The first-order valence-corrected chi connectivity index (χ1v) is 6.03. The second kappa shape index (κ2) is 7.70. The van der Waals surface area contributed by atoms with E-state index in [9.17, 15) is 4.79 Å². The van der Waals surface area contributed by atoms with Crippen LogP contribution in [0.25, 0.3) is 0 Å². The summed E-state index contributed by atoms with van der Waals surface area (Å²) in [5, 5.41) is 0. The average Bonchev–Trinajstić information content (AvgIpc) is 2.78. The van der Waals surface area contributed by atoms with Crippen LogP contribution in [-0.2, 0) is 4.74 Å². The van der Waals surface area contributed by atoms with Crippen LogP contribution in [-0.4, -0.2) is 24.2 Å². The van der Waals surface area contributed by atoms with Crippen LogP contribution in [0.4, 0.5) is 0 Å². The zero-order valence-electron chi connectivity index (χ0n) is 10.4. The van der Waals surface area contributed by atoms with Crippen LogP contribution in [0.5, 0.6) is 6.08 Å². The minimum Gasteiger partial charge on any atom is -0.461 e. The molecule has 1 aromatic rings. The van der Waals surface area contributed by atoms with Crippen molar-refractivity contribution in [3.8, 4) is 6.08 Å². The number of unbranched alkanes of at least 4 members (excludes halogenated alkanes) is 3. The molecule has 1 aromatic heterocycles. The van der Waals surface area contributed by atoms with E-state index in [0.29, 0.717) is 13.2 Å². The summed E-state index contributed by atoms with van der Waals surface area (Å²) >= 11 is 0. The van der Waals surface area contributed by atoms with Gasteiger partial charge in [-0.3, -0.25) is 0 Å². The zero-order chi connectivity index (χ0) is 12.5. The third-order valence-electron chi connectivity index (χ3n) is 2.19. The number of ether oxygens (including phenoxy) is 2. The van der Waals surface area contributed by atoms with Crippen molar-refractivity contribution >= 4 is 5.97 Å². The largest absolute Gasteiger partial charge is 0.461 e. The lowest BCUT2D eigenvalue weighted by atomic mass is 10.2. The molecule has 17 heavy (non-hydrogen) atoms. The monoisotopic (exact) mass is 241 g/mol. The molecule has 0 aliphatic carbocycles. The van der Waals surface area contributed by atoms with Gasteiger partial charge in [-0.2, -0.15) is 4.98 Å². The minimum atomic E-state index is -0.489. The Labute approximate surface area is 101 Å². The number of hydrogen-bond donors (Lipinski definition) is 0. The first-order chi connectivity index (χ1) is 8.27. The first-order valence-electron chi connectivity index (χ1n) is 6.03. The summed E-state index contributed by atoms with van der Waals surface area (Å²) in [7, 11) is 0. The van der Waals surface area contributed by atoms with Gasteiger partial charge >= 0.3 is 12.0 Å². The SMILES string of the molecule is CCCCCCOc1nc(C(=O)OCC)co1. The average molecular weight is 241 g/mol. The maximum absolute atomic E-state index is 11.3. The van der Waals surface area contributed by atoms with Gasteiger partial charge in [0.15, 0.2) is 5.69 Å². The number of carbonyl (C=O) groups excluding carboxylic acids is 1. The first kappa shape index (κ1) is 13.5. The van der Waals surface area contributed by atoms with Gasteiger partial charge in [0.1, 0.15) is 6.26 Å². The molecule has 0 aliphatic rings. The standard InChI is InChI=1S/C12H19NO4/c1-3-5-6-7-8-16-12-13-10(9-17-12)11(14)15-4-2/h9H,3-8H2,1-2H3. The normalized spacial score (nSPS) is 10.2. The summed E-state index contributed by atoms with van der Waals surface area (Å²) in [5.74, 6) is -0.489. The smallest absolute Gasteiger partial charge is 0.394 e. The summed E-state index contributed by atoms with van der Waals surface area (Å²) in [6, 6.07) is 0. The molecule has 1 heterocycles. The highest BCUT2D eigenvalue weighted by atomic mass is 16.6. The van der Waals surface area contributed by atoms with Gasteiger partial charge in [-0.1, -0.05) is 26.2 Å². The van der Waals surface area contributed by atoms with Crippen molar-refractivity contribution in [2.75, 3.05) is 13.2 Å². The molecule has 0 saturated heterocycles. The van der Waals surface area contributed by atoms with Crippen LogP contribution in [0.2, 0.25) is 0 Å². The Balaban J connectivity index is 2.28. The topological polar surface area (TPSA) is 61.6 Å². The van der Waals surface area contributed by atoms with E-state index in [4.69, 9.17) is 13.9 Å². The third-order valence-corrected chi connectivity index (χ3v) is 2.19. The van der Waals surface area contributed by atoms with E-state index in [1.807, 2.05) is 0 Å². The fourth-order valence-corrected chi connectivity index (χ4v) is 1.31. The van der Waals surface area contributed by atoms with Gasteiger partial charge in [0.2, 0.25) is 0 Å². The third kappa shape index (κ3) is 4.89. The number of carbonyl (C=O) groups is 1. The van der Waals surface area contributed by atoms with Crippen LogP contribution in [0.15, 0.2) is 10.7 Å². The maximum Gasteiger partial charge on any atom is 0.394 e. The van der Waals surface area contributed by atoms with Gasteiger partial charge < -0.3 is 13.9 Å². The lowest BCUT2D eigenvalue weighted by molar-refractivity contribution is 0.0519. The van der Waals surface area contributed by atoms with E-state index < -0.39 is 5.97 Å². The molecule has 96 valence electrons. The molecular formula is C12H19NO4. The molecule has 0 aliphatic heterocycles. The van der Waals surface area contributed by atoms with Crippen LogP contribution in [0.3, 0.4) is 0 Å². The number of nitrogens with zero attached hydrogens (tertiary/aromatic N) is 1. The van der Waals surface area contributed by atoms with E-state index in [1.165, 1.54) is 19.1 Å². The Kier molecular flexibility index (Phi) is 6.14. The summed E-state index contributed by atoms with van der Waals surface area (Å²) in [4.78, 5) is 15.2. The summed E-state index contributed by atoms with van der Waals surface area (Å²) < 4.78 is 15.1. The molecule has 5 heteroatoms. The molecular weight excluding hydrogens is 222 g/mol. The van der Waals surface area contributed by atoms with E-state index in [0.717, 1.165) is 12.8 Å². The Morgan fingerprint density at radius 2 is 2.18 bits per heavy atom. The van der Waals surface area contributed by atoms with E-state index in [1.54, 1.807) is 6.92 Å². The number of oxazole rings is 1. The quantitative estimate of drug-likeness (QED) is 0.517. The molecule has 0 bridgehead atoms. The number of rotatable bonds is 8. The highest BCUT2D eigenvalue weighted by molar-refractivity contribution is 5.86. The van der Waals surface area contributed by atoms with Crippen LogP contribution in [0, 0.1) is 0 Å². The Morgan fingerprint density at radius 3 is 2.88 bits per heavy atom. The van der Waals surface area contributed by atoms with Crippen LogP contribution in [0.1, 0.15) is 50.0 Å². The summed E-state index contributed by atoms with van der Waals surface area (Å²) in [6.07, 6.45) is 5.85. The van der Waals surface area contributed by atoms with Crippen molar-refractivity contribution in [2.45, 2.75) is 39.5 Å². The lowest BCUT2D eigenvalue weighted by Crippen LogP contribution is -2.05. The predicted octanol–water partition coefficient (Wildman–Crippen LogP) is 2.81. The highest BCUT2D eigenvalue weighted by Gasteiger charge is 2.13. The highest BCUT2D eigenvalue weighted by Crippen LogP contribution is 2.12. The molecule has 0 saturated carbocycles. The second-order valence-corrected chi connectivity index (χ2v) is 3.63. The lowest BCUT2D eigenvalue weighted by Gasteiger charge is -2.00. The zero-order valence-corrected chi connectivity index (χ0v) is 10.4. The Hall–Kier alpha value is -1.52. The van der Waals surface area contributed by atoms with E-state index in [-0.39, 0.29) is 11.8 Å². The van der Waals surface area contributed by atoms with Crippen molar-refractivity contribution in [3.63, 3.8) is 0 Å². The Bertz CT molecular complexity index is 335. The molecule has 0 unspecified atom stereocenters. The fourth-order valence-electron chi connectivity index (χ4n) is 1.31.